The fraction of sp³-hybridized carbons (Fsp3) is 0.350. The van der Waals surface area contributed by atoms with Gasteiger partial charge < -0.3 is 4.74 Å². The molecule has 1 aromatic carbocycles. The first-order valence-corrected chi connectivity index (χ1v) is 9.39. The number of aromatic nitrogens is 2. The van der Waals surface area contributed by atoms with Gasteiger partial charge in [-0.3, -0.25) is 9.36 Å². The Bertz CT molecular complexity index is 1020. The van der Waals surface area contributed by atoms with Crippen molar-refractivity contribution >= 4 is 27.5 Å². The number of benzene rings is 1. The van der Waals surface area contributed by atoms with E-state index in [0.29, 0.717) is 10.2 Å². The van der Waals surface area contributed by atoms with Gasteiger partial charge in [-0.05, 0) is 40.2 Å². The van der Waals surface area contributed by atoms with Crippen molar-refractivity contribution in [3.63, 3.8) is 0 Å². The third-order valence-corrected chi connectivity index (χ3v) is 5.28. The van der Waals surface area contributed by atoms with Crippen molar-refractivity contribution < 1.29 is 9.53 Å². The van der Waals surface area contributed by atoms with Crippen LogP contribution in [0, 0.1) is 13.8 Å². The van der Waals surface area contributed by atoms with Crippen molar-refractivity contribution in [1.82, 2.24) is 9.55 Å². The highest BCUT2D eigenvalue weighted by molar-refractivity contribution is 7.19. The van der Waals surface area contributed by atoms with E-state index in [2.05, 4.69) is 4.98 Å². The maximum Gasteiger partial charge on any atom is 0.329 e. The highest BCUT2D eigenvalue weighted by Gasteiger charge is 2.23. The molecule has 26 heavy (non-hydrogen) atoms. The Morgan fingerprint density at radius 2 is 1.81 bits per heavy atom. The van der Waals surface area contributed by atoms with Gasteiger partial charge in [-0.1, -0.05) is 29.8 Å². The van der Waals surface area contributed by atoms with E-state index in [1.165, 1.54) is 22.2 Å². The average Bonchev–Trinajstić information content (AvgIpc) is 2.92. The Balaban J connectivity index is 2.17. The van der Waals surface area contributed by atoms with E-state index in [1.54, 1.807) is 20.8 Å². The molecule has 3 aromatic rings. The third-order valence-electron chi connectivity index (χ3n) is 4.26. The molecule has 5 nitrogen and oxygen atoms in total. The van der Waals surface area contributed by atoms with Crippen molar-refractivity contribution in [2.45, 2.75) is 46.8 Å². The van der Waals surface area contributed by atoms with E-state index in [0.717, 1.165) is 21.6 Å². The molecule has 0 amide bonds. The number of thiophene rings is 1. The van der Waals surface area contributed by atoms with Crippen LogP contribution in [0.25, 0.3) is 21.3 Å². The number of carbonyl (C=O) groups is 1. The minimum absolute atomic E-state index is 0.219. The fourth-order valence-electron chi connectivity index (χ4n) is 2.90. The Morgan fingerprint density at radius 1 is 1.15 bits per heavy atom. The van der Waals surface area contributed by atoms with Gasteiger partial charge in [0.2, 0.25) is 0 Å². The summed E-state index contributed by atoms with van der Waals surface area (Å²) in [6.45, 7) is 9.24. The van der Waals surface area contributed by atoms with Crippen LogP contribution in [0.5, 0.6) is 0 Å². The molecule has 1 atom stereocenters. The van der Waals surface area contributed by atoms with Crippen molar-refractivity contribution in [3.05, 3.63) is 51.4 Å². The van der Waals surface area contributed by atoms with Gasteiger partial charge in [-0.25, -0.2) is 9.78 Å². The van der Waals surface area contributed by atoms with Gasteiger partial charge in [0.1, 0.15) is 10.9 Å². The van der Waals surface area contributed by atoms with Gasteiger partial charge in [0.25, 0.3) is 5.56 Å². The van der Waals surface area contributed by atoms with Crippen LogP contribution in [0.1, 0.15) is 37.3 Å². The molecular weight excluding hydrogens is 348 g/mol. The number of aryl methyl sites for hydroxylation is 2. The maximum atomic E-state index is 13.2. The predicted molar refractivity (Wildman–Crippen MR) is 105 cm³/mol. The summed E-state index contributed by atoms with van der Waals surface area (Å²) >= 11 is 1.49. The van der Waals surface area contributed by atoms with E-state index < -0.39 is 12.0 Å². The molecule has 0 spiro atoms. The Labute approximate surface area is 156 Å². The van der Waals surface area contributed by atoms with Crippen molar-refractivity contribution in [2.75, 3.05) is 0 Å². The monoisotopic (exact) mass is 370 g/mol. The average molecular weight is 370 g/mol. The summed E-state index contributed by atoms with van der Waals surface area (Å²) in [6.07, 6.45) is 1.20. The van der Waals surface area contributed by atoms with Gasteiger partial charge in [-0.15, -0.1) is 11.3 Å². The van der Waals surface area contributed by atoms with Crippen LogP contribution in [-0.2, 0) is 9.53 Å². The molecule has 2 aromatic heterocycles. The molecule has 2 heterocycles. The number of carbonyl (C=O) groups excluding carboxylic acids is 1. The molecule has 0 unspecified atom stereocenters. The quantitative estimate of drug-likeness (QED) is 0.644. The highest BCUT2D eigenvalue weighted by atomic mass is 32.1. The van der Waals surface area contributed by atoms with Gasteiger partial charge in [0.15, 0.2) is 0 Å². The first-order valence-electron chi connectivity index (χ1n) is 8.57. The highest BCUT2D eigenvalue weighted by Crippen LogP contribution is 2.35. The van der Waals surface area contributed by atoms with Crippen molar-refractivity contribution in [1.29, 1.82) is 0 Å². The number of fused-ring (bicyclic) bond motifs is 1. The van der Waals surface area contributed by atoms with E-state index in [-0.39, 0.29) is 11.7 Å². The molecule has 0 aliphatic heterocycles. The second-order valence-corrected chi connectivity index (χ2v) is 7.90. The molecule has 0 radical (unpaired) electrons. The number of ether oxygens (including phenoxy) is 1. The second-order valence-electron chi connectivity index (χ2n) is 6.70. The second kappa shape index (κ2) is 7.03. The Kier molecular flexibility index (Phi) is 4.96. The standard InChI is InChI=1S/C20H22N2O3S/c1-11(2)25-20(24)13(4)22-10-21-18-17(19(22)23)16(14(5)26-18)15-8-6-12(3)7-9-15/h6-11,13H,1-5H3/t13-/m1/s1. The Hall–Kier alpha value is -2.47. The molecule has 0 aliphatic rings. The topological polar surface area (TPSA) is 61.2 Å². The summed E-state index contributed by atoms with van der Waals surface area (Å²) in [5.74, 6) is -0.438. The van der Waals surface area contributed by atoms with E-state index >= 15 is 0 Å². The molecule has 0 saturated carbocycles. The maximum absolute atomic E-state index is 13.2. The lowest BCUT2D eigenvalue weighted by molar-refractivity contribution is -0.151. The summed E-state index contributed by atoms with van der Waals surface area (Å²) in [5, 5.41) is 0.558. The predicted octanol–water partition coefficient (Wildman–Crippen LogP) is 4.25. The first-order chi connectivity index (χ1) is 12.3. The molecule has 0 N–H and O–H groups in total. The molecule has 0 fully saturated rings. The zero-order chi connectivity index (χ0) is 19.0. The molecule has 0 aliphatic carbocycles. The Morgan fingerprint density at radius 3 is 2.42 bits per heavy atom. The third kappa shape index (κ3) is 3.29. The van der Waals surface area contributed by atoms with E-state index in [4.69, 9.17) is 4.74 Å². The van der Waals surface area contributed by atoms with Crippen LogP contribution < -0.4 is 5.56 Å². The minimum atomic E-state index is -0.729. The first kappa shape index (κ1) is 18.3. The molecule has 6 heteroatoms. The summed E-state index contributed by atoms with van der Waals surface area (Å²) in [4.78, 5) is 31.5. The SMILES string of the molecule is Cc1ccc(-c2c(C)sc3ncn([C@H](C)C(=O)OC(C)C)c(=O)c23)cc1. The number of esters is 1. The van der Waals surface area contributed by atoms with Gasteiger partial charge >= 0.3 is 5.97 Å². The number of nitrogens with zero attached hydrogens (tertiary/aromatic N) is 2. The van der Waals surface area contributed by atoms with Crippen molar-refractivity contribution in [2.24, 2.45) is 0 Å². The van der Waals surface area contributed by atoms with Gasteiger partial charge in [-0.2, -0.15) is 0 Å². The van der Waals surface area contributed by atoms with Crippen LogP contribution in [0.3, 0.4) is 0 Å². The lowest BCUT2D eigenvalue weighted by Crippen LogP contribution is -2.30. The number of hydrogen-bond donors (Lipinski definition) is 0. The van der Waals surface area contributed by atoms with Crippen LogP contribution in [0.15, 0.2) is 35.4 Å². The molecule has 0 bridgehead atoms. The van der Waals surface area contributed by atoms with Crippen molar-refractivity contribution in [3.8, 4) is 11.1 Å². The van der Waals surface area contributed by atoms with Gasteiger partial charge in [0.05, 0.1) is 17.8 Å². The molecule has 0 saturated heterocycles. The normalized spacial score (nSPS) is 12.5. The van der Waals surface area contributed by atoms with Crippen LogP contribution >= 0.6 is 11.3 Å². The number of rotatable bonds is 4. The summed E-state index contributed by atoms with van der Waals surface area (Å²) in [7, 11) is 0. The summed E-state index contributed by atoms with van der Waals surface area (Å²) in [6, 6.07) is 7.34. The summed E-state index contributed by atoms with van der Waals surface area (Å²) < 4.78 is 6.60. The molecular formula is C20H22N2O3S. The van der Waals surface area contributed by atoms with Crippen LogP contribution in [-0.4, -0.2) is 21.6 Å². The zero-order valence-electron chi connectivity index (χ0n) is 15.6. The fourth-order valence-corrected chi connectivity index (χ4v) is 3.91. The lowest BCUT2D eigenvalue weighted by Gasteiger charge is -2.16. The van der Waals surface area contributed by atoms with E-state index in [1.807, 2.05) is 38.1 Å². The van der Waals surface area contributed by atoms with Gasteiger partial charge in [0, 0.05) is 10.4 Å². The largest absolute Gasteiger partial charge is 0.461 e. The molecule has 3 rings (SSSR count). The van der Waals surface area contributed by atoms with Crippen LogP contribution in [0.4, 0.5) is 0 Å². The number of hydrogen-bond acceptors (Lipinski definition) is 5. The van der Waals surface area contributed by atoms with E-state index in [9.17, 15) is 9.59 Å². The minimum Gasteiger partial charge on any atom is -0.461 e. The summed E-state index contributed by atoms with van der Waals surface area (Å²) in [5.41, 5.74) is 2.81. The zero-order valence-corrected chi connectivity index (χ0v) is 16.4. The van der Waals surface area contributed by atoms with Crippen LogP contribution in [0.2, 0.25) is 0 Å². The smallest absolute Gasteiger partial charge is 0.329 e. The lowest BCUT2D eigenvalue weighted by atomic mass is 10.0. The molecule has 136 valence electrons.